The van der Waals surface area contributed by atoms with E-state index in [0.717, 1.165) is 24.0 Å². The van der Waals surface area contributed by atoms with Gasteiger partial charge in [0.05, 0.1) is 6.54 Å². The molecule has 108 valence electrons. The fraction of sp³-hybridized carbons (Fsp3) is 0.294. The van der Waals surface area contributed by atoms with Crippen LogP contribution >= 0.6 is 0 Å². The average molecular weight is 282 g/mol. The number of benzene rings is 1. The first-order valence-corrected chi connectivity index (χ1v) is 7.19. The molecular formula is C17H18N2O2. The monoisotopic (exact) mass is 282 g/mol. The van der Waals surface area contributed by atoms with Gasteiger partial charge < -0.3 is 9.64 Å². The molecular weight excluding hydrogens is 264 g/mol. The summed E-state index contributed by atoms with van der Waals surface area (Å²) in [6, 6.07) is 13.9. The van der Waals surface area contributed by atoms with Crippen molar-refractivity contribution in [1.82, 2.24) is 9.88 Å². The fourth-order valence-corrected chi connectivity index (χ4v) is 2.22. The molecule has 0 aliphatic heterocycles. The van der Waals surface area contributed by atoms with Crippen molar-refractivity contribution in [3.63, 3.8) is 0 Å². The summed E-state index contributed by atoms with van der Waals surface area (Å²) in [5, 5.41) is 0. The fourth-order valence-electron chi connectivity index (χ4n) is 2.22. The first kappa shape index (κ1) is 13.6. The third-order valence-electron chi connectivity index (χ3n) is 3.50. The lowest BCUT2D eigenvalue weighted by atomic mass is 10.2. The van der Waals surface area contributed by atoms with Gasteiger partial charge in [-0.1, -0.05) is 36.4 Å². The Morgan fingerprint density at radius 3 is 2.57 bits per heavy atom. The normalized spacial score (nSPS) is 13.7. The maximum absolute atomic E-state index is 12.3. The van der Waals surface area contributed by atoms with Crippen molar-refractivity contribution in [1.29, 1.82) is 0 Å². The molecule has 1 aliphatic carbocycles. The molecule has 1 aromatic heterocycles. The van der Waals surface area contributed by atoms with Crippen molar-refractivity contribution in [2.24, 2.45) is 0 Å². The SMILES string of the molecule is O=C(OCc1ccccc1)N(Cc1cccnc1)C1CC1. The van der Waals surface area contributed by atoms with Gasteiger partial charge in [0.1, 0.15) is 6.61 Å². The van der Waals surface area contributed by atoms with Gasteiger partial charge in [0.25, 0.3) is 0 Å². The molecule has 1 amide bonds. The molecule has 0 spiro atoms. The maximum atomic E-state index is 12.3. The molecule has 1 heterocycles. The van der Waals surface area contributed by atoms with Gasteiger partial charge in [0, 0.05) is 18.4 Å². The highest BCUT2D eigenvalue weighted by molar-refractivity contribution is 5.68. The molecule has 1 fully saturated rings. The first-order chi connectivity index (χ1) is 10.3. The molecule has 2 aromatic rings. The summed E-state index contributed by atoms with van der Waals surface area (Å²) < 4.78 is 5.43. The average Bonchev–Trinajstić information content (AvgIpc) is 3.37. The molecule has 0 atom stereocenters. The lowest BCUT2D eigenvalue weighted by molar-refractivity contribution is 0.0909. The molecule has 21 heavy (non-hydrogen) atoms. The van der Waals surface area contributed by atoms with Crippen LogP contribution < -0.4 is 0 Å². The van der Waals surface area contributed by atoms with Crippen LogP contribution in [0.1, 0.15) is 24.0 Å². The smallest absolute Gasteiger partial charge is 0.410 e. The van der Waals surface area contributed by atoms with Gasteiger partial charge in [-0.25, -0.2) is 4.79 Å². The van der Waals surface area contributed by atoms with Gasteiger partial charge in [-0.15, -0.1) is 0 Å². The zero-order valence-electron chi connectivity index (χ0n) is 11.8. The van der Waals surface area contributed by atoms with Gasteiger partial charge in [-0.3, -0.25) is 4.98 Å². The van der Waals surface area contributed by atoms with E-state index < -0.39 is 0 Å². The van der Waals surface area contributed by atoms with E-state index in [2.05, 4.69) is 4.98 Å². The summed E-state index contributed by atoms with van der Waals surface area (Å²) in [4.78, 5) is 18.2. The Labute approximate surface area is 124 Å². The predicted molar refractivity (Wildman–Crippen MR) is 79.4 cm³/mol. The van der Waals surface area contributed by atoms with Crippen LogP contribution in [0.25, 0.3) is 0 Å². The summed E-state index contributed by atoms with van der Waals surface area (Å²) in [5.41, 5.74) is 2.03. The number of hydrogen-bond donors (Lipinski definition) is 0. The van der Waals surface area contributed by atoms with Gasteiger partial charge in [-0.05, 0) is 30.0 Å². The molecule has 0 radical (unpaired) electrons. The standard InChI is InChI=1S/C17H18N2O2/c20-17(21-13-14-5-2-1-3-6-14)19(16-8-9-16)12-15-7-4-10-18-11-15/h1-7,10-11,16H,8-9,12-13H2. The van der Waals surface area contributed by atoms with Crippen molar-refractivity contribution in [2.45, 2.75) is 32.0 Å². The lowest BCUT2D eigenvalue weighted by Gasteiger charge is -2.21. The quantitative estimate of drug-likeness (QED) is 0.844. The van der Waals surface area contributed by atoms with Gasteiger partial charge in [0.15, 0.2) is 0 Å². The van der Waals surface area contributed by atoms with E-state index in [1.807, 2.05) is 42.5 Å². The van der Waals surface area contributed by atoms with Crippen LogP contribution in [-0.2, 0) is 17.9 Å². The first-order valence-electron chi connectivity index (χ1n) is 7.19. The molecule has 0 N–H and O–H groups in total. The van der Waals surface area contributed by atoms with Crippen LogP contribution in [0.4, 0.5) is 4.79 Å². The Bertz CT molecular complexity index is 582. The maximum Gasteiger partial charge on any atom is 0.410 e. The van der Waals surface area contributed by atoms with Crippen LogP contribution in [0.2, 0.25) is 0 Å². The summed E-state index contributed by atoms with van der Waals surface area (Å²) in [6.45, 7) is 0.877. The zero-order valence-corrected chi connectivity index (χ0v) is 11.8. The minimum absolute atomic E-state index is 0.245. The largest absolute Gasteiger partial charge is 0.445 e. The number of pyridine rings is 1. The van der Waals surface area contributed by atoms with E-state index in [9.17, 15) is 4.79 Å². The summed E-state index contributed by atoms with van der Waals surface area (Å²) in [5.74, 6) is 0. The molecule has 3 rings (SSSR count). The number of amides is 1. The van der Waals surface area contributed by atoms with E-state index in [1.165, 1.54) is 0 Å². The Balaban J connectivity index is 1.60. The van der Waals surface area contributed by atoms with Crippen molar-refractivity contribution in [3.05, 3.63) is 66.0 Å². The van der Waals surface area contributed by atoms with Gasteiger partial charge >= 0.3 is 6.09 Å². The molecule has 4 heteroatoms. The highest BCUT2D eigenvalue weighted by Crippen LogP contribution is 2.29. The molecule has 4 nitrogen and oxygen atoms in total. The molecule has 0 saturated heterocycles. The second-order valence-electron chi connectivity index (χ2n) is 5.26. The van der Waals surface area contributed by atoms with Crippen LogP contribution in [0.3, 0.4) is 0 Å². The molecule has 1 aromatic carbocycles. The highest BCUT2D eigenvalue weighted by Gasteiger charge is 2.33. The van der Waals surface area contributed by atoms with Crippen molar-refractivity contribution in [2.75, 3.05) is 0 Å². The van der Waals surface area contributed by atoms with Crippen LogP contribution in [0, 0.1) is 0 Å². The van der Waals surface area contributed by atoms with Gasteiger partial charge in [0.2, 0.25) is 0 Å². The highest BCUT2D eigenvalue weighted by atomic mass is 16.6. The van der Waals surface area contributed by atoms with Crippen LogP contribution in [0.5, 0.6) is 0 Å². The number of hydrogen-bond acceptors (Lipinski definition) is 3. The van der Waals surface area contributed by atoms with Gasteiger partial charge in [-0.2, -0.15) is 0 Å². The predicted octanol–water partition coefficient (Wildman–Crippen LogP) is 3.38. The third-order valence-corrected chi connectivity index (χ3v) is 3.50. The van der Waals surface area contributed by atoms with Crippen molar-refractivity contribution < 1.29 is 9.53 Å². The summed E-state index contributed by atoms with van der Waals surface area (Å²) in [7, 11) is 0. The van der Waals surface area contributed by atoms with E-state index in [0.29, 0.717) is 19.2 Å². The molecule has 1 saturated carbocycles. The Morgan fingerprint density at radius 1 is 1.14 bits per heavy atom. The Kier molecular flexibility index (Phi) is 4.15. The minimum Gasteiger partial charge on any atom is -0.445 e. The molecule has 1 aliphatic rings. The zero-order chi connectivity index (χ0) is 14.5. The van der Waals surface area contributed by atoms with E-state index >= 15 is 0 Å². The van der Waals surface area contributed by atoms with Crippen LogP contribution in [0.15, 0.2) is 54.9 Å². The second kappa shape index (κ2) is 6.39. The van der Waals surface area contributed by atoms with Crippen molar-refractivity contribution in [3.8, 4) is 0 Å². The van der Waals surface area contributed by atoms with Crippen LogP contribution in [-0.4, -0.2) is 22.0 Å². The summed E-state index contributed by atoms with van der Waals surface area (Å²) >= 11 is 0. The minimum atomic E-state index is -0.245. The number of rotatable bonds is 5. The van der Waals surface area contributed by atoms with E-state index in [1.54, 1.807) is 17.3 Å². The number of nitrogens with zero attached hydrogens (tertiary/aromatic N) is 2. The number of aromatic nitrogens is 1. The molecule has 0 unspecified atom stereocenters. The number of carbonyl (C=O) groups is 1. The summed E-state index contributed by atoms with van der Waals surface area (Å²) in [6.07, 6.45) is 5.39. The lowest BCUT2D eigenvalue weighted by Crippen LogP contribution is -2.33. The number of carbonyl (C=O) groups excluding carboxylic acids is 1. The van der Waals surface area contributed by atoms with E-state index in [4.69, 9.17) is 4.74 Å². The Morgan fingerprint density at radius 2 is 1.90 bits per heavy atom. The Hall–Kier alpha value is -2.36. The van der Waals surface area contributed by atoms with Crippen molar-refractivity contribution >= 4 is 6.09 Å². The molecule has 0 bridgehead atoms. The second-order valence-corrected chi connectivity index (χ2v) is 5.26. The number of ether oxygens (including phenoxy) is 1. The van der Waals surface area contributed by atoms with E-state index in [-0.39, 0.29) is 6.09 Å². The third kappa shape index (κ3) is 3.81. The topological polar surface area (TPSA) is 42.4 Å².